The predicted octanol–water partition coefficient (Wildman–Crippen LogP) is 10.3. The number of aliphatic hydroxyl groups excluding tert-OH is 4. The van der Waals surface area contributed by atoms with E-state index in [1.807, 2.05) is 127 Å². The fraction of sp³-hybridized carbons (Fsp3) is 0.536. The van der Waals surface area contributed by atoms with Gasteiger partial charge in [-0.1, -0.05) is 155 Å². The van der Waals surface area contributed by atoms with Gasteiger partial charge in [-0.3, -0.25) is 0 Å². The molecule has 1 rings (SSSR count). The fourth-order valence-electron chi connectivity index (χ4n) is 6.61. The molecule has 0 amide bonds. The van der Waals surface area contributed by atoms with Crippen LogP contribution in [0.25, 0.3) is 0 Å². The van der Waals surface area contributed by atoms with E-state index in [2.05, 4.69) is 63.3 Å². The normalized spacial score (nSPS) is 23.6. The van der Waals surface area contributed by atoms with Crippen LogP contribution in [0.1, 0.15) is 123 Å². The fourth-order valence-corrected chi connectivity index (χ4v) is 6.61. The first-order valence-corrected chi connectivity index (χ1v) is 23.0. The van der Waals surface area contributed by atoms with Gasteiger partial charge in [-0.2, -0.15) is 0 Å². The molecule has 0 spiro atoms. The quantitative estimate of drug-likeness (QED) is 0.0443. The Morgan fingerprint density at radius 3 is 1.17 bits per heavy atom. The number of allylic oxidation sites excluding steroid dienone is 24. The molecule has 364 valence electrons. The van der Waals surface area contributed by atoms with Crippen LogP contribution in [-0.2, 0) is 9.47 Å². The van der Waals surface area contributed by atoms with Crippen LogP contribution in [0.4, 0.5) is 0 Å². The third-order valence-corrected chi connectivity index (χ3v) is 11.1. The Bertz CT molecular complexity index is 1850. The molecule has 1 aliphatic heterocycles. The van der Waals surface area contributed by atoms with Crippen molar-refractivity contribution < 1.29 is 45.2 Å². The number of rotatable bonds is 25. The maximum atomic E-state index is 10.9. The van der Waals surface area contributed by atoms with E-state index in [0.717, 1.165) is 33.4 Å². The van der Waals surface area contributed by atoms with Crippen LogP contribution in [0.3, 0.4) is 0 Å². The molecule has 65 heavy (non-hydrogen) atoms. The average molecular weight is 903 g/mol. The third-order valence-electron chi connectivity index (χ3n) is 11.1. The highest BCUT2D eigenvalue weighted by atomic mass is 16.7. The highest BCUT2D eigenvalue weighted by molar-refractivity contribution is 5.34. The van der Waals surface area contributed by atoms with Gasteiger partial charge in [0.15, 0.2) is 6.29 Å². The summed E-state index contributed by atoms with van der Waals surface area (Å²) in [6.07, 6.45) is 36.5. The summed E-state index contributed by atoms with van der Waals surface area (Å²) in [6.45, 7) is 26.2. The number of hydrogen-bond donors (Lipinski definition) is 7. The van der Waals surface area contributed by atoms with Gasteiger partial charge in [0.2, 0.25) is 0 Å². The Hall–Kier alpha value is -3.74. The molecule has 1 fully saturated rings. The summed E-state index contributed by atoms with van der Waals surface area (Å²) in [4.78, 5) is 0. The van der Waals surface area contributed by atoms with Gasteiger partial charge in [0, 0.05) is 11.8 Å². The van der Waals surface area contributed by atoms with E-state index in [4.69, 9.17) is 9.47 Å². The lowest BCUT2D eigenvalue weighted by atomic mass is 9.83. The number of hydrogen-bond acceptors (Lipinski definition) is 9. The van der Waals surface area contributed by atoms with Crippen LogP contribution in [-0.4, -0.2) is 95.5 Å². The van der Waals surface area contributed by atoms with Gasteiger partial charge in [-0.15, -0.1) is 0 Å². The second-order valence-corrected chi connectivity index (χ2v) is 20.0. The molecule has 0 aromatic rings. The molecule has 0 radical (unpaired) electrons. The van der Waals surface area contributed by atoms with Crippen LogP contribution >= 0.6 is 0 Å². The molecule has 0 saturated carbocycles. The lowest BCUT2D eigenvalue weighted by molar-refractivity contribution is -0.323. The van der Waals surface area contributed by atoms with Gasteiger partial charge in [0.05, 0.1) is 29.0 Å². The Morgan fingerprint density at radius 1 is 0.492 bits per heavy atom. The molecule has 0 aliphatic carbocycles. The van der Waals surface area contributed by atoms with Crippen LogP contribution in [0.5, 0.6) is 0 Å². The summed E-state index contributed by atoms with van der Waals surface area (Å²) in [5, 5.41) is 71.8. The molecular weight excluding hydrogens is 817 g/mol. The Morgan fingerprint density at radius 2 is 0.831 bits per heavy atom. The van der Waals surface area contributed by atoms with Crippen molar-refractivity contribution in [2.75, 3.05) is 6.61 Å². The lowest BCUT2D eigenvalue weighted by Crippen LogP contribution is -2.60. The standard InChI is InChI=1S/C56H86O9/c1-40(23-17-25-42(3)27-19-29-44(5)31-33-46(55(11,12)62)35-37-53(7,8)61)21-15-16-22-41(2)24-18-26-43(4)28-20-30-45(6)32-34-47(56(13,14)63)36-38-54(9,10)65-52-51(60)50(59)49(58)48(39-57)64-52/h15-34,46-52,57-63H,35-39H2,1-14H3. The molecule has 1 heterocycles. The maximum Gasteiger partial charge on any atom is 0.187 e. The minimum Gasteiger partial charge on any atom is -0.394 e. The van der Waals surface area contributed by atoms with E-state index >= 15 is 0 Å². The van der Waals surface area contributed by atoms with Crippen LogP contribution in [0.2, 0.25) is 0 Å². The molecule has 0 aromatic carbocycles. The summed E-state index contributed by atoms with van der Waals surface area (Å²) >= 11 is 0. The molecule has 7 unspecified atom stereocenters. The van der Waals surface area contributed by atoms with Gasteiger partial charge in [-0.25, -0.2) is 0 Å². The van der Waals surface area contributed by atoms with Crippen molar-refractivity contribution >= 4 is 0 Å². The Labute approximate surface area is 393 Å². The zero-order chi connectivity index (χ0) is 49.6. The number of ether oxygens (including phenoxy) is 2. The monoisotopic (exact) mass is 903 g/mol. The highest BCUT2D eigenvalue weighted by Crippen LogP contribution is 2.32. The first kappa shape index (κ1) is 59.3. The molecule has 7 atom stereocenters. The smallest absolute Gasteiger partial charge is 0.187 e. The number of aliphatic hydroxyl groups is 7. The second kappa shape index (κ2) is 28.4. The largest absolute Gasteiger partial charge is 0.394 e. The highest BCUT2D eigenvalue weighted by Gasteiger charge is 2.46. The van der Waals surface area contributed by atoms with E-state index in [0.29, 0.717) is 25.7 Å². The molecule has 1 saturated heterocycles. The Balaban J connectivity index is 2.72. The SMILES string of the molecule is CC(C=CC=C(C)C=CC=C(C)C=CC(CCC(C)(C)O)C(C)(C)O)=CC=CC=C(C)C=CC=C(C)C=CC=C(C)C=CC(CCC(C)(C)OC1OC(CO)C(O)C(O)C1O)C(C)(C)O. The van der Waals surface area contributed by atoms with Crippen molar-refractivity contribution in [2.45, 2.75) is 176 Å². The second-order valence-electron chi connectivity index (χ2n) is 20.0. The molecular formula is C56H86O9. The minimum absolute atomic E-state index is 0.0522. The maximum absolute atomic E-state index is 10.9. The van der Waals surface area contributed by atoms with E-state index in [1.54, 1.807) is 27.7 Å². The zero-order valence-electron chi connectivity index (χ0n) is 42.1. The van der Waals surface area contributed by atoms with E-state index in [1.165, 1.54) is 0 Å². The van der Waals surface area contributed by atoms with Crippen LogP contribution in [0.15, 0.2) is 155 Å². The average Bonchev–Trinajstić information content (AvgIpc) is 3.18. The topological polar surface area (TPSA) is 160 Å². The van der Waals surface area contributed by atoms with Gasteiger partial charge in [0.1, 0.15) is 24.4 Å². The first-order valence-electron chi connectivity index (χ1n) is 23.0. The van der Waals surface area contributed by atoms with Gasteiger partial charge >= 0.3 is 0 Å². The van der Waals surface area contributed by atoms with E-state index < -0.39 is 59.7 Å². The molecule has 1 aliphatic rings. The van der Waals surface area contributed by atoms with E-state index in [-0.39, 0.29) is 11.8 Å². The van der Waals surface area contributed by atoms with Crippen molar-refractivity contribution in [1.29, 1.82) is 0 Å². The summed E-state index contributed by atoms with van der Waals surface area (Å²) in [5.74, 6) is -0.261. The van der Waals surface area contributed by atoms with Crippen molar-refractivity contribution in [2.24, 2.45) is 11.8 Å². The summed E-state index contributed by atoms with van der Waals surface area (Å²) in [7, 11) is 0. The van der Waals surface area contributed by atoms with Gasteiger partial charge in [0.25, 0.3) is 0 Å². The third kappa shape index (κ3) is 26.3. The lowest BCUT2D eigenvalue weighted by Gasteiger charge is -2.43. The molecule has 9 heteroatoms. The molecule has 7 N–H and O–H groups in total. The Kier molecular flexibility index (Phi) is 25.9. The van der Waals surface area contributed by atoms with Crippen LogP contribution < -0.4 is 0 Å². The van der Waals surface area contributed by atoms with Crippen molar-refractivity contribution in [1.82, 2.24) is 0 Å². The van der Waals surface area contributed by atoms with E-state index in [9.17, 15) is 35.7 Å². The van der Waals surface area contributed by atoms with Crippen LogP contribution in [0, 0.1) is 11.8 Å². The van der Waals surface area contributed by atoms with Crippen molar-refractivity contribution in [3.8, 4) is 0 Å². The van der Waals surface area contributed by atoms with Gasteiger partial charge < -0.3 is 45.2 Å². The van der Waals surface area contributed by atoms with Crippen molar-refractivity contribution in [3.63, 3.8) is 0 Å². The minimum atomic E-state index is -1.51. The van der Waals surface area contributed by atoms with Crippen molar-refractivity contribution in [3.05, 3.63) is 155 Å². The molecule has 0 aromatic heterocycles. The summed E-state index contributed by atoms with van der Waals surface area (Å²) in [5.41, 5.74) is 3.14. The zero-order valence-corrected chi connectivity index (χ0v) is 42.1. The predicted molar refractivity (Wildman–Crippen MR) is 270 cm³/mol. The first-order chi connectivity index (χ1) is 30.0. The van der Waals surface area contributed by atoms with Gasteiger partial charge in [-0.05, 0) is 123 Å². The molecule has 9 nitrogen and oxygen atoms in total. The summed E-state index contributed by atoms with van der Waals surface area (Å²) < 4.78 is 11.5. The summed E-state index contributed by atoms with van der Waals surface area (Å²) in [6, 6.07) is 0. The molecule has 0 bridgehead atoms.